The summed E-state index contributed by atoms with van der Waals surface area (Å²) in [6.07, 6.45) is 8.53. The van der Waals surface area contributed by atoms with Gasteiger partial charge in [0, 0.05) is 17.5 Å². The normalized spacial score (nSPS) is 14.3. The van der Waals surface area contributed by atoms with Crippen LogP contribution in [0.25, 0.3) is 27.9 Å². The van der Waals surface area contributed by atoms with Crippen molar-refractivity contribution in [1.82, 2.24) is 19.6 Å². The van der Waals surface area contributed by atoms with Crippen molar-refractivity contribution in [2.24, 2.45) is 0 Å². The number of benzene rings is 2. The maximum absolute atomic E-state index is 4.87. The number of aryl methyl sites for hydroxylation is 1. The van der Waals surface area contributed by atoms with Gasteiger partial charge < -0.3 is 5.32 Å². The molecule has 2 heterocycles. The molecule has 0 saturated heterocycles. The number of para-hydroxylation sites is 1. The Morgan fingerprint density at radius 2 is 1.97 bits per heavy atom. The molecule has 5 rings (SSSR count). The molecule has 4 aromatic rings. The molecule has 0 unspecified atom stereocenters. The zero-order valence-corrected chi connectivity index (χ0v) is 16.7. The largest absolute Gasteiger partial charge is 0.354 e. The van der Waals surface area contributed by atoms with Gasteiger partial charge in [0.25, 0.3) is 0 Å². The molecule has 0 spiro atoms. The highest BCUT2D eigenvalue weighted by Gasteiger charge is 2.14. The highest BCUT2D eigenvalue weighted by molar-refractivity contribution is 5.92. The number of allylic oxidation sites excluding steroid dienone is 1. The van der Waals surface area contributed by atoms with Crippen molar-refractivity contribution < 1.29 is 0 Å². The molecule has 1 N–H and O–H groups in total. The summed E-state index contributed by atoms with van der Waals surface area (Å²) < 4.78 is 1.86. The topological polar surface area (TPSA) is 55.1 Å². The monoisotopic (exact) mass is 383 g/mol. The number of hydrogen-bond acceptors (Lipinski definition) is 4. The molecular weight excluding hydrogens is 358 g/mol. The Hall–Kier alpha value is -3.21. The molecule has 2 aromatic heterocycles. The highest BCUT2D eigenvalue weighted by atomic mass is 15.4. The molecule has 0 fully saturated rings. The molecule has 1 aliphatic rings. The lowest BCUT2D eigenvalue weighted by molar-refractivity contribution is 0.678. The minimum atomic E-state index is 0.727. The maximum Gasteiger partial charge on any atom is 0.226 e. The van der Waals surface area contributed by atoms with Gasteiger partial charge in [-0.25, -0.2) is 9.97 Å². The van der Waals surface area contributed by atoms with Gasteiger partial charge in [0.05, 0.1) is 5.52 Å². The number of hydrogen-bond donors (Lipinski definition) is 1. The van der Waals surface area contributed by atoms with E-state index in [2.05, 4.69) is 42.6 Å². The van der Waals surface area contributed by atoms with Crippen molar-refractivity contribution in [3.05, 3.63) is 65.7 Å². The van der Waals surface area contributed by atoms with E-state index in [-0.39, 0.29) is 0 Å². The summed E-state index contributed by atoms with van der Waals surface area (Å²) in [5.41, 5.74) is 5.55. The lowest BCUT2D eigenvalue weighted by atomic mass is 9.97. The predicted octanol–water partition coefficient (Wildman–Crippen LogP) is 5.56. The average molecular weight is 383 g/mol. The predicted molar refractivity (Wildman–Crippen MR) is 118 cm³/mol. The second kappa shape index (κ2) is 7.66. The van der Waals surface area contributed by atoms with Crippen LogP contribution in [-0.4, -0.2) is 26.1 Å². The van der Waals surface area contributed by atoms with E-state index in [4.69, 9.17) is 15.1 Å². The SMILES string of the molecule is Cc1cccc(-c2nc3c4ccccc4nc(NCCC4=CCCCC4)n3n2)c1. The first kappa shape index (κ1) is 17.9. The van der Waals surface area contributed by atoms with Crippen LogP contribution in [0, 0.1) is 6.92 Å². The summed E-state index contributed by atoms with van der Waals surface area (Å²) in [6, 6.07) is 16.4. The van der Waals surface area contributed by atoms with Gasteiger partial charge in [0.2, 0.25) is 5.95 Å². The minimum Gasteiger partial charge on any atom is -0.354 e. The van der Waals surface area contributed by atoms with Gasteiger partial charge in [0.15, 0.2) is 11.5 Å². The molecule has 0 bridgehead atoms. The fourth-order valence-corrected chi connectivity index (χ4v) is 4.04. The van der Waals surface area contributed by atoms with E-state index >= 15 is 0 Å². The third-order valence-corrected chi connectivity index (χ3v) is 5.57. The zero-order chi connectivity index (χ0) is 19.6. The molecule has 0 saturated carbocycles. The molecule has 2 aromatic carbocycles. The Labute approximate surface area is 170 Å². The number of nitrogens with one attached hydrogen (secondary N) is 1. The lowest BCUT2D eigenvalue weighted by Gasteiger charge is -2.13. The Morgan fingerprint density at radius 3 is 2.83 bits per heavy atom. The second-order valence-corrected chi connectivity index (χ2v) is 7.78. The Kier molecular flexibility index (Phi) is 4.72. The van der Waals surface area contributed by atoms with Crippen LogP contribution in [0.3, 0.4) is 0 Å². The van der Waals surface area contributed by atoms with Crippen LogP contribution in [0.2, 0.25) is 0 Å². The van der Waals surface area contributed by atoms with Crippen molar-refractivity contribution in [3.8, 4) is 11.4 Å². The van der Waals surface area contributed by atoms with E-state index in [1.807, 2.05) is 28.8 Å². The van der Waals surface area contributed by atoms with Crippen molar-refractivity contribution in [3.63, 3.8) is 0 Å². The molecule has 0 radical (unpaired) electrons. The Morgan fingerprint density at radius 1 is 1.03 bits per heavy atom. The van der Waals surface area contributed by atoms with Crippen LogP contribution in [0.4, 0.5) is 5.95 Å². The summed E-state index contributed by atoms with van der Waals surface area (Å²) >= 11 is 0. The number of rotatable bonds is 5. The van der Waals surface area contributed by atoms with Crippen LogP contribution in [0.15, 0.2) is 60.2 Å². The first-order valence-corrected chi connectivity index (χ1v) is 10.4. The third-order valence-electron chi connectivity index (χ3n) is 5.57. The van der Waals surface area contributed by atoms with Crippen molar-refractivity contribution >= 4 is 22.5 Å². The van der Waals surface area contributed by atoms with Gasteiger partial charge in [-0.05, 0) is 57.2 Å². The fourth-order valence-electron chi connectivity index (χ4n) is 4.04. The van der Waals surface area contributed by atoms with Gasteiger partial charge in [-0.3, -0.25) is 0 Å². The van der Waals surface area contributed by atoms with Crippen molar-refractivity contribution in [2.45, 2.75) is 39.0 Å². The molecule has 0 aliphatic heterocycles. The fraction of sp³-hybridized carbons (Fsp3) is 0.292. The first-order chi connectivity index (χ1) is 14.3. The second-order valence-electron chi connectivity index (χ2n) is 7.78. The van der Waals surface area contributed by atoms with E-state index in [9.17, 15) is 0 Å². The van der Waals surface area contributed by atoms with E-state index in [1.54, 1.807) is 5.57 Å². The van der Waals surface area contributed by atoms with Crippen LogP contribution >= 0.6 is 0 Å². The molecule has 1 aliphatic carbocycles. The summed E-state index contributed by atoms with van der Waals surface area (Å²) in [5.74, 6) is 1.48. The Bertz CT molecular complexity index is 1200. The van der Waals surface area contributed by atoms with Crippen LogP contribution < -0.4 is 5.32 Å². The van der Waals surface area contributed by atoms with E-state index in [0.29, 0.717) is 0 Å². The number of aromatic nitrogens is 4. The third kappa shape index (κ3) is 3.60. The van der Waals surface area contributed by atoms with Crippen LogP contribution in [-0.2, 0) is 0 Å². The summed E-state index contributed by atoms with van der Waals surface area (Å²) in [5, 5.41) is 9.33. The summed E-state index contributed by atoms with van der Waals surface area (Å²) in [6.45, 7) is 2.94. The molecule has 5 nitrogen and oxygen atoms in total. The standard InChI is InChI=1S/C24H25N5/c1-17-8-7-11-19(16-17)22-27-23-20-12-5-6-13-21(20)26-24(29(23)28-22)25-15-14-18-9-3-2-4-10-18/h5-9,11-13,16H,2-4,10,14-15H2,1H3,(H,25,26). The van der Waals surface area contributed by atoms with Gasteiger partial charge in [-0.15, -0.1) is 5.10 Å². The molecule has 29 heavy (non-hydrogen) atoms. The van der Waals surface area contributed by atoms with E-state index < -0.39 is 0 Å². The van der Waals surface area contributed by atoms with E-state index in [1.165, 1.54) is 31.2 Å². The molecule has 146 valence electrons. The summed E-state index contributed by atoms with van der Waals surface area (Å²) in [4.78, 5) is 9.71. The summed E-state index contributed by atoms with van der Waals surface area (Å²) in [7, 11) is 0. The minimum absolute atomic E-state index is 0.727. The number of nitrogens with zero attached hydrogens (tertiary/aromatic N) is 4. The highest BCUT2D eigenvalue weighted by Crippen LogP contribution is 2.25. The quantitative estimate of drug-likeness (QED) is 0.459. The first-order valence-electron chi connectivity index (χ1n) is 10.4. The Balaban J connectivity index is 1.53. The van der Waals surface area contributed by atoms with Crippen LogP contribution in [0.1, 0.15) is 37.7 Å². The molecule has 0 atom stereocenters. The lowest BCUT2D eigenvalue weighted by Crippen LogP contribution is -2.10. The van der Waals surface area contributed by atoms with Gasteiger partial charge in [-0.1, -0.05) is 47.5 Å². The maximum atomic E-state index is 4.87. The van der Waals surface area contributed by atoms with Gasteiger partial charge in [0.1, 0.15) is 0 Å². The number of anilines is 1. The zero-order valence-electron chi connectivity index (χ0n) is 16.7. The molecular formula is C24H25N5. The van der Waals surface area contributed by atoms with Gasteiger partial charge in [-0.2, -0.15) is 4.52 Å². The molecule has 5 heteroatoms. The smallest absolute Gasteiger partial charge is 0.226 e. The molecule has 0 amide bonds. The van der Waals surface area contributed by atoms with Gasteiger partial charge >= 0.3 is 0 Å². The van der Waals surface area contributed by atoms with Crippen molar-refractivity contribution in [1.29, 1.82) is 0 Å². The van der Waals surface area contributed by atoms with Crippen molar-refractivity contribution in [2.75, 3.05) is 11.9 Å². The van der Waals surface area contributed by atoms with E-state index in [0.717, 1.165) is 46.9 Å². The average Bonchev–Trinajstić information content (AvgIpc) is 3.21. The number of fused-ring (bicyclic) bond motifs is 3. The van der Waals surface area contributed by atoms with Crippen LogP contribution in [0.5, 0.6) is 0 Å².